The number of piperidine rings is 1. The van der Waals surface area contributed by atoms with Crippen LogP contribution < -0.4 is 0 Å². The molecule has 2 aromatic carbocycles. The summed E-state index contributed by atoms with van der Waals surface area (Å²) in [5.74, 6) is -0.118. The van der Waals surface area contributed by atoms with Gasteiger partial charge in [-0.3, -0.25) is 9.59 Å². The smallest absolute Gasteiger partial charge is 0.311 e. The maximum Gasteiger partial charge on any atom is 0.311 e. The van der Waals surface area contributed by atoms with Crippen molar-refractivity contribution in [2.45, 2.75) is 19.4 Å². The van der Waals surface area contributed by atoms with Gasteiger partial charge in [-0.25, -0.2) is 0 Å². The lowest BCUT2D eigenvalue weighted by atomic mass is 9.96. The third-order valence-electron chi connectivity index (χ3n) is 5.60. The molecule has 0 N–H and O–H groups in total. The molecule has 0 radical (unpaired) electrons. The van der Waals surface area contributed by atoms with Gasteiger partial charge < -0.3 is 14.1 Å². The van der Waals surface area contributed by atoms with E-state index in [0.717, 1.165) is 22.1 Å². The van der Waals surface area contributed by atoms with Crippen LogP contribution in [0, 0.1) is 5.92 Å². The highest BCUT2D eigenvalue weighted by atomic mass is 32.1. The van der Waals surface area contributed by atoms with Crippen LogP contribution in [0.1, 0.15) is 29.1 Å². The van der Waals surface area contributed by atoms with E-state index in [1.165, 1.54) is 11.3 Å². The second kappa shape index (κ2) is 8.92. The number of benzene rings is 2. The number of ether oxygens (including phenoxy) is 1. The van der Waals surface area contributed by atoms with Gasteiger partial charge in [-0.1, -0.05) is 42.5 Å². The zero-order chi connectivity index (χ0) is 21.9. The number of nitrogens with zero attached hydrogens (tertiary/aromatic N) is 3. The van der Waals surface area contributed by atoms with E-state index in [1.54, 1.807) is 4.90 Å². The van der Waals surface area contributed by atoms with Gasteiger partial charge in [-0.05, 0) is 41.1 Å². The molecular weight excluding hydrogens is 426 g/mol. The lowest BCUT2D eigenvalue weighted by molar-refractivity contribution is -0.152. The summed E-state index contributed by atoms with van der Waals surface area (Å²) in [7, 11) is 0. The van der Waals surface area contributed by atoms with E-state index in [9.17, 15) is 9.59 Å². The largest absolute Gasteiger partial charge is 0.455 e. The van der Waals surface area contributed by atoms with Gasteiger partial charge in [0.05, 0.1) is 10.8 Å². The Kier molecular flexibility index (Phi) is 5.68. The summed E-state index contributed by atoms with van der Waals surface area (Å²) in [6, 6.07) is 17.3. The third kappa shape index (κ3) is 4.13. The Labute approximate surface area is 188 Å². The first-order valence-electron chi connectivity index (χ1n) is 10.5. The molecule has 162 valence electrons. The van der Waals surface area contributed by atoms with E-state index in [2.05, 4.69) is 10.2 Å². The summed E-state index contributed by atoms with van der Waals surface area (Å²) in [4.78, 5) is 28.5. The first kappa shape index (κ1) is 20.4. The number of carbonyl (C=O) groups excluding carboxylic acids is 2. The second-order valence-electron chi connectivity index (χ2n) is 7.70. The lowest BCUT2D eigenvalue weighted by Gasteiger charge is -2.31. The van der Waals surface area contributed by atoms with E-state index < -0.39 is 0 Å². The zero-order valence-electron chi connectivity index (χ0n) is 17.3. The SMILES string of the molecule is O=C(OCc1nnc(-c2cccs2)o1)C1CCCN(C(=O)c2cccc3ccccc23)C1. The molecular formula is C24H21N3O4S. The number of aromatic nitrogens is 2. The number of hydrogen-bond acceptors (Lipinski definition) is 7. The molecule has 1 atom stereocenters. The number of hydrogen-bond donors (Lipinski definition) is 0. The molecule has 2 aromatic heterocycles. The van der Waals surface area contributed by atoms with Crippen molar-refractivity contribution < 1.29 is 18.7 Å². The fourth-order valence-corrected chi connectivity index (χ4v) is 4.64. The normalized spacial score (nSPS) is 16.2. The highest BCUT2D eigenvalue weighted by Crippen LogP contribution is 2.25. The van der Waals surface area contributed by atoms with Crippen molar-refractivity contribution >= 4 is 34.0 Å². The van der Waals surface area contributed by atoms with Crippen molar-refractivity contribution in [2.24, 2.45) is 5.92 Å². The fraction of sp³-hybridized carbons (Fsp3) is 0.250. The van der Waals surface area contributed by atoms with Gasteiger partial charge in [0, 0.05) is 18.7 Å². The maximum atomic E-state index is 13.2. The Morgan fingerprint density at radius 3 is 2.84 bits per heavy atom. The summed E-state index contributed by atoms with van der Waals surface area (Å²) >= 11 is 1.50. The fourth-order valence-electron chi connectivity index (χ4n) is 4.00. The Hall–Kier alpha value is -3.52. The molecule has 4 aromatic rings. The Morgan fingerprint density at radius 2 is 1.97 bits per heavy atom. The van der Waals surface area contributed by atoms with Gasteiger partial charge in [0.1, 0.15) is 0 Å². The third-order valence-corrected chi connectivity index (χ3v) is 6.46. The maximum absolute atomic E-state index is 13.2. The molecule has 0 bridgehead atoms. The van der Waals surface area contributed by atoms with Crippen molar-refractivity contribution in [3.8, 4) is 10.8 Å². The number of thiophene rings is 1. The molecule has 7 nitrogen and oxygen atoms in total. The number of amides is 1. The number of fused-ring (bicyclic) bond motifs is 1. The van der Waals surface area contributed by atoms with Crippen molar-refractivity contribution in [1.29, 1.82) is 0 Å². The summed E-state index contributed by atoms with van der Waals surface area (Å²) in [6.07, 6.45) is 1.43. The summed E-state index contributed by atoms with van der Waals surface area (Å²) in [5, 5.41) is 11.8. The highest BCUT2D eigenvalue weighted by Gasteiger charge is 2.30. The van der Waals surface area contributed by atoms with Crippen LogP contribution in [0.4, 0.5) is 0 Å². The molecule has 1 amide bonds. The quantitative estimate of drug-likeness (QED) is 0.417. The average Bonchev–Trinajstić information content (AvgIpc) is 3.54. The van der Waals surface area contributed by atoms with Crippen LogP contribution >= 0.6 is 11.3 Å². The standard InChI is InChI=1S/C24H21N3O4S/c28-23(19-10-3-7-16-6-1-2-9-18(16)19)27-12-4-8-17(14-27)24(29)30-15-21-25-26-22(31-21)20-11-5-13-32-20/h1-3,5-7,9-11,13,17H,4,8,12,14-15H2. The van der Waals surface area contributed by atoms with Crippen molar-refractivity contribution in [1.82, 2.24) is 15.1 Å². The molecule has 0 aliphatic carbocycles. The minimum absolute atomic E-state index is 0.0585. The summed E-state index contributed by atoms with van der Waals surface area (Å²) < 4.78 is 11.0. The topological polar surface area (TPSA) is 85.5 Å². The van der Waals surface area contributed by atoms with Crippen LogP contribution in [0.25, 0.3) is 21.5 Å². The molecule has 1 aliphatic rings. The molecule has 1 saturated heterocycles. The first-order valence-corrected chi connectivity index (χ1v) is 11.4. The van der Waals surface area contributed by atoms with E-state index in [1.807, 2.05) is 60.0 Å². The van der Waals surface area contributed by atoms with Gasteiger partial charge in [0.15, 0.2) is 6.61 Å². The monoisotopic (exact) mass is 447 g/mol. The molecule has 3 heterocycles. The average molecular weight is 448 g/mol. The number of carbonyl (C=O) groups is 2. The van der Waals surface area contributed by atoms with E-state index >= 15 is 0 Å². The first-order chi connectivity index (χ1) is 15.7. The van der Waals surface area contributed by atoms with E-state index in [4.69, 9.17) is 9.15 Å². The van der Waals surface area contributed by atoms with Gasteiger partial charge in [0.25, 0.3) is 17.7 Å². The van der Waals surface area contributed by atoms with Crippen LogP contribution in [0.15, 0.2) is 64.4 Å². The molecule has 1 fully saturated rings. The van der Waals surface area contributed by atoms with Crippen molar-refractivity contribution in [2.75, 3.05) is 13.1 Å². The lowest BCUT2D eigenvalue weighted by Crippen LogP contribution is -2.42. The van der Waals surface area contributed by atoms with Crippen LogP contribution in [-0.2, 0) is 16.1 Å². The molecule has 5 rings (SSSR count). The van der Waals surface area contributed by atoms with Crippen LogP contribution in [0.3, 0.4) is 0 Å². The summed E-state index contributed by atoms with van der Waals surface area (Å²) in [6.45, 7) is 0.885. The number of rotatable bonds is 5. The van der Waals surface area contributed by atoms with Crippen LogP contribution in [0.5, 0.6) is 0 Å². The minimum atomic E-state index is -0.373. The molecule has 32 heavy (non-hydrogen) atoms. The molecule has 0 spiro atoms. The highest BCUT2D eigenvalue weighted by molar-refractivity contribution is 7.13. The number of likely N-dealkylation sites (tertiary alicyclic amines) is 1. The van der Waals surface area contributed by atoms with E-state index in [-0.39, 0.29) is 30.3 Å². The molecule has 8 heteroatoms. The zero-order valence-corrected chi connectivity index (χ0v) is 18.1. The molecule has 1 aliphatic heterocycles. The Morgan fingerprint density at radius 1 is 1.09 bits per heavy atom. The van der Waals surface area contributed by atoms with Gasteiger partial charge in [-0.2, -0.15) is 0 Å². The van der Waals surface area contributed by atoms with Gasteiger partial charge in [0.2, 0.25) is 0 Å². The van der Waals surface area contributed by atoms with Gasteiger partial charge >= 0.3 is 5.97 Å². The van der Waals surface area contributed by atoms with Crippen molar-refractivity contribution in [3.63, 3.8) is 0 Å². The summed E-state index contributed by atoms with van der Waals surface area (Å²) in [5.41, 5.74) is 0.657. The van der Waals surface area contributed by atoms with Gasteiger partial charge in [-0.15, -0.1) is 21.5 Å². The molecule has 0 saturated carbocycles. The number of esters is 1. The predicted octanol–water partition coefficient (Wildman–Crippen LogP) is 4.55. The Balaban J connectivity index is 1.23. The van der Waals surface area contributed by atoms with E-state index in [0.29, 0.717) is 31.0 Å². The van der Waals surface area contributed by atoms with Crippen molar-refractivity contribution in [3.05, 3.63) is 71.4 Å². The second-order valence-corrected chi connectivity index (χ2v) is 8.65. The molecule has 1 unspecified atom stereocenters. The van der Waals surface area contributed by atoms with Crippen LogP contribution in [-0.4, -0.2) is 40.1 Å². The Bertz CT molecular complexity index is 1250. The minimum Gasteiger partial charge on any atom is -0.455 e. The van der Waals surface area contributed by atoms with Crippen LogP contribution in [0.2, 0.25) is 0 Å². The predicted molar refractivity (Wildman–Crippen MR) is 120 cm³/mol.